The molecule has 1 aliphatic heterocycles. The van der Waals surface area contributed by atoms with Gasteiger partial charge in [-0.3, -0.25) is 4.79 Å². The smallest absolute Gasteiger partial charge is 0.340 e. The number of rotatable bonds is 5. The van der Waals surface area contributed by atoms with Crippen LogP contribution in [-0.2, 0) is 22.5 Å². The Balaban J connectivity index is 1.64. The van der Waals surface area contributed by atoms with Crippen LogP contribution in [0.2, 0.25) is 5.02 Å². The van der Waals surface area contributed by atoms with E-state index in [0.29, 0.717) is 31.0 Å². The number of nitrogens with zero attached hydrogens (tertiary/aromatic N) is 1. The Bertz CT molecular complexity index is 918. The molecule has 0 saturated carbocycles. The molecule has 0 fully saturated rings. The Kier molecular flexibility index (Phi) is 6.04. The Morgan fingerprint density at radius 3 is 2.43 bits per heavy atom. The molecule has 0 N–H and O–H groups in total. The van der Waals surface area contributed by atoms with Gasteiger partial charge in [-0.25, -0.2) is 9.18 Å². The van der Waals surface area contributed by atoms with Crippen molar-refractivity contribution in [2.45, 2.75) is 13.0 Å². The molecule has 1 aliphatic rings. The lowest BCUT2D eigenvalue weighted by atomic mass is 9.99. The SMILES string of the molecule is COc1cc2c(cc1OC)CN(C(=O)COC(=O)c1ccc(F)cc1Cl)CC2. The fraction of sp³-hybridized carbons (Fsp3) is 0.300. The number of benzene rings is 2. The van der Waals surface area contributed by atoms with Crippen LogP contribution in [0.1, 0.15) is 21.5 Å². The molecule has 0 spiro atoms. The third-order valence-corrected chi connectivity index (χ3v) is 4.86. The van der Waals surface area contributed by atoms with E-state index in [1.807, 2.05) is 12.1 Å². The normalized spacial score (nSPS) is 12.9. The van der Waals surface area contributed by atoms with Gasteiger partial charge >= 0.3 is 5.97 Å². The predicted molar refractivity (Wildman–Crippen MR) is 100 cm³/mol. The first kappa shape index (κ1) is 19.9. The largest absolute Gasteiger partial charge is 0.493 e. The van der Waals surface area contributed by atoms with Crippen molar-refractivity contribution in [1.29, 1.82) is 0 Å². The molecule has 2 aromatic carbocycles. The second kappa shape index (κ2) is 8.48. The molecule has 1 amide bonds. The zero-order valence-electron chi connectivity index (χ0n) is 15.5. The van der Waals surface area contributed by atoms with E-state index in [0.717, 1.165) is 23.3 Å². The number of methoxy groups -OCH3 is 2. The number of carbonyl (C=O) groups is 2. The van der Waals surface area contributed by atoms with Crippen LogP contribution in [-0.4, -0.2) is 44.1 Å². The van der Waals surface area contributed by atoms with Crippen LogP contribution in [0.25, 0.3) is 0 Å². The van der Waals surface area contributed by atoms with Crippen molar-refractivity contribution in [1.82, 2.24) is 4.90 Å². The number of fused-ring (bicyclic) bond motifs is 1. The van der Waals surface area contributed by atoms with E-state index in [1.165, 1.54) is 6.07 Å². The van der Waals surface area contributed by atoms with Crippen molar-refractivity contribution in [2.24, 2.45) is 0 Å². The summed E-state index contributed by atoms with van der Waals surface area (Å²) in [6.45, 7) is 0.453. The van der Waals surface area contributed by atoms with Gasteiger partial charge in [0.2, 0.25) is 0 Å². The maximum Gasteiger partial charge on any atom is 0.340 e. The maximum absolute atomic E-state index is 13.1. The summed E-state index contributed by atoms with van der Waals surface area (Å²) in [5, 5.41) is -0.0645. The van der Waals surface area contributed by atoms with Gasteiger partial charge in [0.15, 0.2) is 18.1 Å². The van der Waals surface area contributed by atoms with E-state index >= 15 is 0 Å². The lowest BCUT2D eigenvalue weighted by molar-refractivity contribution is -0.135. The van der Waals surface area contributed by atoms with Gasteiger partial charge in [0, 0.05) is 13.1 Å². The molecule has 1 heterocycles. The van der Waals surface area contributed by atoms with Gasteiger partial charge in [0.1, 0.15) is 5.82 Å². The molecule has 148 valence electrons. The summed E-state index contributed by atoms with van der Waals surface area (Å²) in [5.74, 6) is -0.426. The third-order valence-electron chi connectivity index (χ3n) is 4.55. The van der Waals surface area contributed by atoms with Crippen molar-refractivity contribution in [2.75, 3.05) is 27.4 Å². The Hall–Kier alpha value is -2.80. The van der Waals surface area contributed by atoms with Crippen LogP contribution in [0.3, 0.4) is 0 Å². The fourth-order valence-electron chi connectivity index (χ4n) is 3.05. The molecule has 3 rings (SSSR count). The minimum absolute atomic E-state index is 0.0108. The number of amides is 1. The highest BCUT2D eigenvalue weighted by atomic mass is 35.5. The van der Waals surface area contributed by atoms with Crippen LogP contribution >= 0.6 is 11.6 Å². The highest BCUT2D eigenvalue weighted by Gasteiger charge is 2.24. The number of esters is 1. The first-order chi connectivity index (χ1) is 13.4. The second-order valence-electron chi connectivity index (χ2n) is 6.24. The summed E-state index contributed by atoms with van der Waals surface area (Å²) in [5.41, 5.74) is 2.04. The number of hydrogen-bond donors (Lipinski definition) is 0. The molecule has 6 nitrogen and oxygen atoms in total. The summed E-state index contributed by atoms with van der Waals surface area (Å²) in [6, 6.07) is 7.10. The fourth-order valence-corrected chi connectivity index (χ4v) is 3.29. The summed E-state index contributed by atoms with van der Waals surface area (Å²) >= 11 is 5.84. The van der Waals surface area contributed by atoms with Crippen LogP contribution in [0.15, 0.2) is 30.3 Å². The molecule has 2 aromatic rings. The highest BCUT2D eigenvalue weighted by molar-refractivity contribution is 6.33. The van der Waals surface area contributed by atoms with E-state index in [4.69, 9.17) is 25.8 Å². The summed E-state index contributed by atoms with van der Waals surface area (Å²) < 4.78 is 28.7. The molecule has 0 aliphatic carbocycles. The van der Waals surface area contributed by atoms with Crippen molar-refractivity contribution in [3.05, 3.63) is 57.9 Å². The molecule has 0 saturated heterocycles. The van der Waals surface area contributed by atoms with Crippen molar-refractivity contribution >= 4 is 23.5 Å². The van der Waals surface area contributed by atoms with Crippen LogP contribution < -0.4 is 9.47 Å². The van der Waals surface area contributed by atoms with E-state index < -0.39 is 18.4 Å². The number of ether oxygens (including phenoxy) is 3. The van der Waals surface area contributed by atoms with Gasteiger partial charge in [0.25, 0.3) is 5.91 Å². The first-order valence-electron chi connectivity index (χ1n) is 8.56. The number of carbonyl (C=O) groups excluding carboxylic acids is 2. The molecule has 0 radical (unpaired) electrons. The number of halogens is 2. The summed E-state index contributed by atoms with van der Waals surface area (Å²) in [7, 11) is 3.13. The molecule has 0 aromatic heterocycles. The summed E-state index contributed by atoms with van der Waals surface area (Å²) in [4.78, 5) is 26.2. The minimum atomic E-state index is -0.776. The monoisotopic (exact) mass is 407 g/mol. The maximum atomic E-state index is 13.1. The molecule has 0 bridgehead atoms. The zero-order chi connectivity index (χ0) is 20.3. The quantitative estimate of drug-likeness (QED) is 0.712. The van der Waals surface area contributed by atoms with Crippen LogP contribution in [0.5, 0.6) is 11.5 Å². The van der Waals surface area contributed by atoms with Gasteiger partial charge in [0.05, 0.1) is 24.8 Å². The van der Waals surface area contributed by atoms with Crippen molar-refractivity contribution < 1.29 is 28.2 Å². The van der Waals surface area contributed by atoms with Crippen molar-refractivity contribution in [3.63, 3.8) is 0 Å². The molecule has 28 heavy (non-hydrogen) atoms. The summed E-state index contributed by atoms with van der Waals surface area (Å²) in [6.07, 6.45) is 0.652. The average Bonchev–Trinajstić information content (AvgIpc) is 2.70. The van der Waals surface area contributed by atoms with E-state index in [9.17, 15) is 14.0 Å². The van der Waals surface area contributed by atoms with E-state index in [-0.39, 0.29) is 16.5 Å². The third kappa shape index (κ3) is 4.20. The molecular formula is C20H19ClFNO5. The van der Waals surface area contributed by atoms with Gasteiger partial charge in [-0.2, -0.15) is 0 Å². The molecule has 0 unspecified atom stereocenters. The Labute approximate surface area is 166 Å². The Morgan fingerprint density at radius 2 is 1.79 bits per heavy atom. The van der Waals surface area contributed by atoms with Crippen molar-refractivity contribution in [3.8, 4) is 11.5 Å². The van der Waals surface area contributed by atoms with Gasteiger partial charge < -0.3 is 19.1 Å². The Morgan fingerprint density at radius 1 is 1.11 bits per heavy atom. The van der Waals surface area contributed by atoms with Gasteiger partial charge in [-0.15, -0.1) is 0 Å². The molecule has 0 atom stereocenters. The first-order valence-corrected chi connectivity index (χ1v) is 8.94. The molecular weight excluding hydrogens is 389 g/mol. The highest BCUT2D eigenvalue weighted by Crippen LogP contribution is 2.33. The van der Waals surface area contributed by atoms with Crippen LogP contribution in [0, 0.1) is 5.82 Å². The average molecular weight is 408 g/mol. The second-order valence-corrected chi connectivity index (χ2v) is 6.65. The topological polar surface area (TPSA) is 65.1 Å². The van der Waals surface area contributed by atoms with Gasteiger partial charge in [-0.1, -0.05) is 11.6 Å². The van der Waals surface area contributed by atoms with E-state index in [2.05, 4.69) is 0 Å². The van der Waals surface area contributed by atoms with Gasteiger partial charge in [-0.05, 0) is 47.9 Å². The minimum Gasteiger partial charge on any atom is -0.493 e. The molecule has 8 heteroatoms. The zero-order valence-corrected chi connectivity index (χ0v) is 16.2. The lowest BCUT2D eigenvalue weighted by Gasteiger charge is -2.29. The lowest BCUT2D eigenvalue weighted by Crippen LogP contribution is -2.38. The standard InChI is InChI=1S/C20H19ClFNO5/c1-26-17-7-12-5-6-23(10-13(12)8-18(17)27-2)19(24)11-28-20(25)15-4-3-14(22)9-16(15)21/h3-4,7-9H,5-6,10-11H2,1-2H3. The van der Waals surface area contributed by atoms with Crippen LogP contribution in [0.4, 0.5) is 4.39 Å². The number of hydrogen-bond acceptors (Lipinski definition) is 5. The predicted octanol–water partition coefficient (Wildman–Crippen LogP) is 3.24. The van der Waals surface area contributed by atoms with E-state index in [1.54, 1.807) is 19.1 Å².